The summed E-state index contributed by atoms with van der Waals surface area (Å²) >= 11 is 1.92. The van der Waals surface area contributed by atoms with Gasteiger partial charge >= 0.3 is 0 Å². The van der Waals surface area contributed by atoms with Crippen molar-refractivity contribution in [3.63, 3.8) is 0 Å². The van der Waals surface area contributed by atoms with Gasteiger partial charge in [0.25, 0.3) is 0 Å². The molecular weight excluding hydrogens is 322 g/mol. The van der Waals surface area contributed by atoms with Crippen LogP contribution in [0.25, 0.3) is 0 Å². The summed E-state index contributed by atoms with van der Waals surface area (Å²) in [7, 11) is 0. The molecule has 0 aromatic carbocycles. The predicted molar refractivity (Wildman–Crippen MR) is 93.3 cm³/mol. The molecule has 1 saturated carbocycles. The maximum absolute atomic E-state index is 12.4. The number of hydrogen-bond donors (Lipinski definition) is 2. The number of carbonyl (C=O) groups is 2. The summed E-state index contributed by atoms with van der Waals surface area (Å²) in [6.07, 6.45) is 3.98. The second kappa shape index (κ2) is 9.63. The van der Waals surface area contributed by atoms with Crippen molar-refractivity contribution in [2.75, 3.05) is 24.6 Å². The number of hydrogen-bond acceptors (Lipinski definition) is 4. The number of carbonyl (C=O) groups excluding carboxylic acids is 2. The van der Waals surface area contributed by atoms with E-state index in [1.807, 2.05) is 23.6 Å². The van der Waals surface area contributed by atoms with Crippen LogP contribution in [0.1, 0.15) is 39.0 Å². The topological polar surface area (TPSA) is 75.4 Å². The van der Waals surface area contributed by atoms with E-state index in [9.17, 15) is 9.59 Å². The van der Waals surface area contributed by atoms with Crippen LogP contribution < -0.4 is 11.1 Å². The van der Waals surface area contributed by atoms with Crippen molar-refractivity contribution in [1.82, 2.24) is 10.2 Å². The monoisotopic (exact) mass is 349 g/mol. The third-order valence-corrected chi connectivity index (χ3v) is 5.21. The van der Waals surface area contributed by atoms with E-state index in [1.165, 1.54) is 0 Å². The lowest BCUT2D eigenvalue weighted by Gasteiger charge is -2.34. The zero-order valence-electron chi connectivity index (χ0n) is 13.3. The van der Waals surface area contributed by atoms with Crippen LogP contribution in [-0.4, -0.2) is 53.4 Å². The van der Waals surface area contributed by atoms with Crippen molar-refractivity contribution >= 4 is 36.0 Å². The smallest absolute Gasteiger partial charge is 0.225 e. The van der Waals surface area contributed by atoms with E-state index in [0.717, 1.165) is 50.3 Å². The fourth-order valence-corrected chi connectivity index (χ4v) is 4.01. The summed E-state index contributed by atoms with van der Waals surface area (Å²) in [6, 6.07) is 0.122. The number of nitrogens with one attached hydrogen (secondary N) is 1. The normalized spacial score (nSPS) is 26.7. The lowest BCUT2D eigenvalue weighted by molar-refractivity contribution is -0.136. The van der Waals surface area contributed by atoms with Crippen molar-refractivity contribution in [3.8, 4) is 0 Å². The van der Waals surface area contributed by atoms with Crippen LogP contribution >= 0.6 is 24.2 Å². The maximum Gasteiger partial charge on any atom is 0.225 e. The molecule has 1 heterocycles. The van der Waals surface area contributed by atoms with Gasteiger partial charge in [-0.2, -0.15) is 11.8 Å². The molecular formula is C15H28ClN3O2S. The standard InChI is InChI=1S/C15H27N3O2S.ClH/c1-11(16)10-14(19)17-13-4-2-12(3-5-13)15(20)18-6-8-21-9-7-18;/h11-13H,2-10,16H2,1H3,(H,17,19);1H. The first-order chi connectivity index (χ1) is 10.1. The highest BCUT2D eigenvalue weighted by molar-refractivity contribution is 7.99. The minimum Gasteiger partial charge on any atom is -0.353 e. The molecule has 1 aliphatic carbocycles. The molecule has 2 fully saturated rings. The molecule has 0 bridgehead atoms. The first-order valence-corrected chi connectivity index (χ1v) is 9.13. The average molecular weight is 350 g/mol. The van der Waals surface area contributed by atoms with Crippen LogP contribution in [0.5, 0.6) is 0 Å². The van der Waals surface area contributed by atoms with E-state index < -0.39 is 0 Å². The van der Waals surface area contributed by atoms with Gasteiger partial charge in [0.05, 0.1) is 0 Å². The molecule has 0 spiro atoms. The molecule has 1 aliphatic heterocycles. The third-order valence-electron chi connectivity index (χ3n) is 4.27. The molecule has 2 rings (SSSR count). The molecule has 2 amide bonds. The van der Waals surface area contributed by atoms with Gasteiger partial charge in [-0.15, -0.1) is 12.4 Å². The second-order valence-electron chi connectivity index (χ2n) is 6.24. The number of nitrogens with zero attached hydrogens (tertiary/aromatic N) is 1. The van der Waals surface area contributed by atoms with Crippen LogP contribution in [0, 0.1) is 5.92 Å². The molecule has 0 aromatic rings. The zero-order chi connectivity index (χ0) is 15.2. The predicted octanol–water partition coefficient (Wildman–Crippen LogP) is 1.40. The maximum atomic E-state index is 12.4. The largest absolute Gasteiger partial charge is 0.353 e. The zero-order valence-corrected chi connectivity index (χ0v) is 14.9. The Morgan fingerprint density at radius 1 is 1.23 bits per heavy atom. The van der Waals surface area contributed by atoms with E-state index in [1.54, 1.807) is 0 Å². The van der Waals surface area contributed by atoms with E-state index in [-0.39, 0.29) is 36.3 Å². The summed E-state index contributed by atoms with van der Waals surface area (Å²) in [6.45, 7) is 3.63. The fourth-order valence-electron chi connectivity index (χ4n) is 3.11. The molecule has 0 radical (unpaired) electrons. The summed E-state index contributed by atoms with van der Waals surface area (Å²) < 4.78 is 0. The van der Waals surface area contributed by atoms with Crippen molar-refractivity contribution in [1.29, 1.82) is 0 Å². The highest BCUT2D eigenvalue weighted by Crippen LogP contribution is 2.27. The molecule has 1 saturated heterocycles. The Kier molecular flexibility index (Phi) is 8.57. The molecule has 1 unspecified atom stereocenters. The minimum atomic E-state index is -0.0973. The van der Waals surface area contributed by atoms with Crippen LogP contribution in [0.3, 0.4) is 0 Å². The second-order valence-corrected chi connectivity index (χ2v) is 7.46. The van der Waals surface area contributed by atoms with Crippen LogP contribution in [-0.2, 0) is 9.59 Å². The average Bonchev–Trinajstić information content (AvgIpc) is 2.47. The van der Waals surface area contributed by atoms with E-state index in [0.29, 0.717) is 12.3 Å². The lowest BCUT2D eigenvalue weighted by Crippen LogP contribution is -2.45. The van der Waals surface area contributed by atoms with Crippen LogP contribution in [0.4, 0.5) is 0 Å². The Morgan fingerprint density at radius 3 is 2.36 bits per heavy atom. The van der Waals surface area contributed by atoms with E-state index >= 15 is 0 Å². The van der Waals surface area contributed by atoms with E-state index in [2.05, 4.69) is 5.32 Å². The van der Waals surface area contributed by atoms with Gasteiger partial charge in [-0.05, 0) is 32.6 Å². The van der Waals surface area contributed by atoms with Gasteiger partial charge in [-0.1, -0.05) is 0 Å². The number of nitrogens with two attached hydrogens (primary N) is 1. The third kappa shape index (κ3) is 5.97. The van der Waals surface area contributed by atoms with Crippen molar-refractivity contribution < 1.29 is 9.59 Å². The van der Waals surface area contributed by atoms with Crippen LogP contribution in [0.15, 0.2) is 0 Å². The molecule has 22 heavy (non-hydrogen) atoms. The van der Waals surface area contributed by atoms with Crippen molar-refractivity contribution in [2.45, 2.75) is 51.1 Å². The lowest BCUT2D eigenvalue weighted by atomic mass is 9.85. The Morgan fingerprint density at radius 2 is 1.82 bits per heavy atom. The Hall–Kier alpha value is -0.460. The van der Waals surface area contributed by atoms with Gasteiger partial charge in [0.1, 0.15) is 0 Å². The van der Waals surface area contributed by atoms with Gasteiger partial charge in [-0.3, -0.25) is 9.59 Å². The Labute approximate surface area is 143 Å². The minimum absolute atomic E-state index is 0. The van der Waals surface area contributed by atoms with Gasteiger partial charge in [-0.25, -0.2) is 0 Å². The summed E-state index contributed by atoms with van der Waals surface area (Å²) in [5.74, 6) is 2.65. The molecule has 5 nitrogen and oxygen atoms in total. The number of thioether (sulfide) groups is 1. The Bertz CT molecular complexity index is 368. The molecule has 3 N–H and O–H groups in total. The molecule has 128 valence electrons. The summed E-state index contributed by atoms with van der Waals surface area (Å²) in [5.41, 5.74) is 5.63. The summed E-state index contributed by atoms with van der Waals surface area (Å²) in [5, 5.41) is 3.04. The highest BCUT2D eigenvalue weighted by atomic mass is 35.5. The van der Waals surface area contributed by atoms with Crippen molar-refractivity contribution in [3.05, 3.63) is 0 Å². The first-order valence-electron chi connectivity index (χ1n) is 7.97. The molecule has 7 heteroatoms. The summed E-state index contributed by atoms with van der Waals surface area (Å²) in [4.78, 5) is 26.2. The van der Waals surface area contributed by atoms with Crippen LogP contribution in [0.2, 0.25) is 0 Å². The van der Waals surface area contributed by atoms with Gasteiger partial charge < -0.3 is 16.0 Å². The molecule has 2 aliphatic rings. The number of rotatable bonds is 4. The van der Waals surface area contributed by atoms with Crippen molar-refractivity contribution in [2.24, 2.45) is 11.7 Å². The van der Waals surface area contributed by atoms with Gasteiger partial charge in [0, 0.05) is 49.0 Å². The quantitative estimate of drug-likeness (QED) is 0.804. The SMILES string of the molecule is CC(N)CC(=O)NC1CCC(C(=O)N2CCSCC2)CC1.Cl. The highest BCUT2D eigenvalue weighted by Gasteiger charge is 2.30. The van der Waals surface area contributed by atoms with E-state index in [4.69, 9.17) is 5.73 Å². The number of amides is 2. The Balaban J connectivity index is 0.00000242. The first kappa shape index (κ1) is 19.6. The van der Waals surface area contributed by atoms with Gasteiger partial charge in [0.15, 0.2) is 0 Å². The number of halogens is 1. The fraction of sp³-hybridized carbons (Fsp3) is 0.867. The molecule has 0 aromatic heterocycles. The van der Waals surface area contributed by atoms with Gasteiger partial charge in [0.2, 0.25) is 11.8 Å². The molecule has 1 atom stereocenters.